The summed E-state index contributed by atoms with van der Waals surface area (Å²) in [5.74, 6) is -0.525. The molecule has 0 spiro atoms. The van der Waals surface area contributed by atoms with Crippen LogP contribution in [-0.4, -0.2) is 25.7 Å². The summed E-state index contributed by atoms with van der Waals surface area (Å²) >= 11 is 11.0. The van der Waals surface area contributed by atoms with Crippen LogP contribution in [0.2, 0.25) is 5.02 Å². The first-order valence-corrected chi connectivity index (χ1v) is 9.12. The van der Waals surface area contributed by atoms with Crippen molar-refractivity contribution in [3.8, 4) is 0 Å². The number of hydrogen-bond acceptors (Lipinski definition) is 4. The van der Waals surface area contributed by atoms with Gasteiger partial charge < -0.3 is 5.32 Å². The predicted octanol–water partition coefficient (Wildman–Crippen LogP) is 2.87. The fourth-order valence-electron chi connectivity index (χ4n) is 1.76. The molecule has 0 atom stereocenters. The largest absolute Gasteiger partial charge is 0.332 e. The highest BCUT2D eigenvalue weighted by Crippen LogP contribution is 2.21. The van der Waals surface area contributed by atoms with Gasteiger partial charge in [0.25, 0.3) is 5.91 Å². The van der Waals surface area contributed by atoms with Crippen LogP contribution in [0.3, 0.4) is 0 Å². The van der Waals surface area contributed by atoms with Gasteiger partial charge in [-0.25, -0.2) is 8.42 Å². The fraction of sp³-hybridized carbons (Fsp3) is 0.0667. The number of hydrogen-bond donors (Lipinski definition) is 2. The Morgan fingerprint density at radius 1 is 1.13 bits per heavy atom. The van der Waals surface area contributed by atoms with Crippen LogP contribution < -0.4 is 10.6 Å². The van der Waals surface area contributed by atoms with Crippen molar-refractivity contribution in [2.24, 2.45) is 0 Å². The summed E-state index contributed by atoms with van der Waals surface area (Å²) < 4.78 is 22.9. The second-order valence-electron chi connectivity index (χ2n) is 4.69. The van der Waals surface area contributed by atoms with E-state index in [9.17, 15) is 13.2 Å². The Balaban J connectivity index is 2.10. The van der Waals surface area contributed by atoms with Gasteiger partial charge in [-0.1, -0.05) is 29.8 Å². The minimum Gasteiger partial charge on any atom is -0.332 e. The highest BCUT2D eigenvalue weighted by atomic mass is 35.5. The molecule has 5 nitrogen and oxygen atoms in total. The zero-order valence-corrected chi connectivity index (χ0v) is 14.4. The van der Waals surface area contributed by atoms with E-state index in [4.69, 9.17) is 23.8 Å². The fourth-order valence-corrected chi connectivity index (χ4v) is 2.95. The molecule has 0 aliphatic heterocycles. The van der Waals surface area contributed by atoms with Crippen molar-refractivity contribution < 1.29 is 13.2 Å². The van der Waals surface area contributed by atoms with Gasteiger partial charge in [-0.2, -0.15) is 0 Å². The van der Waals surface area contributed by atoms with Gasteiger partial charge in [0, 0.05) is 11.9 Å². The van der Waals surface area contributed by atoms with E-state index < -0.39 is 15.7 Å². The minimum absolute atomic E-state index is 0.0351. The molecule has 0 fully saturated rings. The number of carbonyl (C=O) groups excluding carboxylic acids is 1. The second-order valence-corrected chi connectivity index (χ2v) is 7.52. The molecule has 0 aliphatic carbocycles. The summed E-state index contributed by atoms with van der Waals surface area (Å²) in [5.41, 5.74) is 0.868. The number of amides is 1. The first-order chi connectivity index (χ1) is 10.8. The first kappa shape index (κ1) is 17.4. The third-order valence-electron chi connectivity index (χ3n) is 2.87. The summed E-state index contributed by atoms with van der Waals surface area (Å²) in [4.78, 5) is 12.2. The van der Waals surface area contributed by atoms with Crippen LogP contribution in [0, 0.1) is 0 Å². The third kappa shape index (κ3) is 4.75. The summed E-state index contributed by atoms with van der Waals surface area (Å²) in [6, 6.07) is 13.0. The molecule has 120 valence electrons. The maximum Gasteiger partial charge on any atom is 0.258 e. The van der Waals surface area contributed by atoms with Gasteiger partial charge in [0.1, 0.15) is 0 Å². The zero-order valence-electron chi connectivity index (χ0n) is 12.0. The lowest BCUT2D eigenvalue weighted by Crippen LogP contribution is -2.34. The maximum atomic E-state index is 12.2. The molecular weight excluding hydrogens is 356 g/mol. The van der Waals surface area contributed by atoms with Crippen LogP contribution in [-0.2, 0) is 9.84 Å². The summed E-state index contributed by atoms with van der Waals surface area (Å²) in [5, 5.41) is 5.50. The lowest BCUT2D eigenvalue weighted by molar-refractivity contribution is 0.0978. The van der Waals surface area contributed by atoms with E-state index in [1.807, 2.05) is 18.2 Å². The first-order valence-electron chi connectivity index (χ1n) is 6.44. The number of anilines is 1. The molecule has 8 heteroatoms. The number of thiocarbonyl (C=S) groups is 1. The molecule has 2 N–H and O–H groups in total. The third-order valence-corrected chi connectivity index (χ3v) is 4.50. The Bertz CT molecular complexity index is 852. The van der Waals surface area contributed by atoms with Crippen molar-refractivity contribution in [2.45, 2.75) is 4.90 Å². The molecule has 2 aromatic carbocycles. The normalized spacial score (nSPS) is 10.9. The van der Waals surface area contributed by atoms with E-state index >= 15 is 0 Å². The standard InChI is InChI=1S/C15H13ClN2O3S2/c1-23(20,21)11-7-8-12(13(16)9-11)14(19)18-15(22)17-10-5-3-2-4-6-10/h2-9H,1H3,(H2,17,18,19,22). The lowest BCUT2D eigenvalue weighted by atomic mass is 10.2. The van der Waals surface area contributed by atoms with Gasteiger partial charge in [0.2, 0.25) is 0 Å². The number of sulfone groups is 1. The van der Waals surface area contributed by atoms with E-state index in [0.29, 0.717) is 0 Å². The van der Waals surface area contributed by atoms with Crippen molar-refractivity contribution in [2.75, 3.05) is 11.6 Å². The van der Waals surface area contributed by atoms with Crippen LogP contribution in [0.25, 0.3) is 0 Å². The van der Waals surface area contributed by atoms with E-state index in [1.165, 1.54) is 18.2 Å². The van der Waals surface area contributed by atoms with Gasteiger partial charge in [0.05, 0.1) is 15.5 Å². The topological polar surface area (TPSA) is 75.3 Å². The molecular formula is C15H13ClN2O3S2. The molecule has 0 radical (unpaired) electrons. The Hall–Kier alpha value is -1.96. The lowest BCUT2D eigenvalue weighted by Gasteiger charge is -2.10. The zero-order chi connectivity index (χ0) is 17.0. The number of nitrogens with one attached hydrogen (secondary N) is 2. The number of halogens is 1. The molecule has 0 aromatic heterocycles. The highest BCUT2D eigenvalue weighted by Gasteiger charge is 2.15. The quantitative estimate of drug-likeness (QED) is 0.815. The van der Waals surface area contributed by atoms with Crippen molar-refractivity contribution in [3.05, 3.63) is 59.1 Å². The van der Waals surface area contributed by atoms with Crippen LogP contribution in [0.15, 0.2) is 53.4 Å². The molecule has 0 bridgehead atoms. The predicted molar refractivity (Wildman–Crippen MR) is 94.7 cm³/mol. The monoisotopic (exact) mass is 368 g/mol. The van der Waals surface area contributed by atoms with Gasteiger partial charge in [-0.05, 0) is 42.5 Å². The van der Waals surface area contributed by atoms with Crippen LogP contribution >= 0.6 is 23.8 Å². The van der Waals surface area contributed by atoms with Crippen molar-refractivity contribution in [1.29, 1.82) is 0 Å². The number of rotatable bonds is 3. The van der Waals surface area contributed by atoms with E-state index in [0.717, 1.165) is 11.9 Å². The average molecular weight is 369 g/mol. The number of para-hydroxylation sites is 1. The molecule has 0 unspecified atom stereocenters. The molecule has 2 aromatic rings. The smallest absolute Gasteiger partial charge is 0.258 e. The molecule has 23 heavy (non-hydrogen) atoms. The Labute approximate surface area is 144 Å². The molecule has 1 amide bonds. The van der Waals surface area contributed by atoms with Gasteiger partial charge in [-0.3, -0.25) is 10.1 Å². The molecule has 2 rings (SSSR count). The summed E-state index contributed by atoms with van der Waals surface area (Å²) in [6.45, 7) is 0. The minimum atomic E-state index is -3.39. The number of carbonyl (C=O) groups is 1. The highest BCUT2D eigenvalue weighted by molar-refractivity contribution is 7.90. The van der Waals surface area contributed by atoms with Crippen LogP contribution in [0.1, 0.15) is 10.4 Å². The van der Waals surface area contributed by atoms with Crippen molar-refractivity contribution in [3.63, 3.8) is 0 Å². The molecule has 0 aliphatic rings. The van der Waals surface area contributed by atoms with E-state index in [-0.39, 0.29) is 20.6 Å². The number of benzene rings is 2. The molecule has 0 saturated heterocycles. The average Bonchev–Trinajstić information content (AvgIpc) is 2.46. The maximum absolute atomic E-state index is 12.2. The van der Waals surface area contributed by atoms with Gasteiger partial charge >= 0.3 is 0 Å². The van der Waals surface area contributed by atoms with Gasteiger partial charge in [-0.15, -0.1) is 0 Å². The van der Waals surface area contributed by atoms with Crippen molar-refractivity contribution in [1.82, 2.24) is 5.32 Å². The molecule has 0 heterocycles. The summed E-state index contributed by atoms with van der Waals surface area (Å²) in [7, 11) is -3.39. The Morgan fingerprint density at radius 3 is 2.35 bits per heavy atom. The Morgan fingerprint density at radius 2 is 1.78 bits per heavy atom. The Kier molecular flexibility index (Phi) is 5.35. The van der Waals surface area contributed by atoms with Crippen molar-refractivity contribution >= 4 is 50.4 Å². The van der Waals surface area contributed by atoms with E-state index in [2.05, 4.69) is 10.6 Å². The van der Waals surface area contributed by atoms with Crippen LogP contribution in [0.4, 0.5) is 5.69 Å². The van der Waals surface area contributed by atoms with E-state index in [1.54, 1.807) is 12.1 Å². The SMILES string of the molecule is CS(=O)(=O)c1ccc(C(=O)NC(=S)Nc2ccccc2)c(Cl)c1. The van der Waals surface area contributed by atoms with Crippen LogP contribution in [0.5, 0.6) is 0 Å². The van der Waals surface area contributed by atoms with Gasteiger partial charge in [0.15, 0.2) is 14.9 Å². The summed E-state index contributed by atoms with van der Waals surface area (Å²) in [6.07, 6.45) is 1.07. The second kappa shape index (κ2) is 7.08. The molecule has 0 saturated carbocycles.